The van der Waals surface area contributed by atoms with Crippen LogP contribution in [-0.2, 0) is 57.2 Å². The van der Waals surface area contributed by atoms with Crippen molar-refractivity contribution in [1.29, 1.82) is 0 Å². The summed E-state index contributed by atoms with van der Waals surface area (Å²) in [5.74, 6) is -3.27. The normalized spacial score (nSPS) is 25.7. The van der Waals surface area contributed by atoms with Gasteiger partial charge in [-0.1, -0.05) is 63.6 Å². The summed E-state index contributed by atoms with van der Waals surface area (Å²) in [4.78, 5) is 78.4. The van der Waals surface area contributed by atoms with Crippen molar-refractivity contribution in [3.8, 4) is 0 Å². The van der Waals surface area contributed by atoms with E-state index in [1.165, 1.54) is 6.92 Å². The van der Waals surface area contributed by atoms with Gasteiger partial charge in [-0.2, -0.15) is 0 Å². The van der Waals surface area contributed by atoms with Crippen LogP contribution in [0.4, 0.5) is 0 Å². The molecular formula is C53H95Ac12N8O21-3. The molecule has 29 nitrogen and oxygen atoms in total. The third-order valence-corrected chi connectivity index (χ3v) is 14.6. The maximum absolute atomic E-state index is 13.6. The predicted molar refractivity (Wildman–Crippen MR) is 291 cm³/mol. The molecule has 3 aliphatic heterocycles. The molecule has 3 rings (SSSR count). The largest absolute Gasteiger partial charge is 0.668 e. The van der Waals surface area contributed by atoms with Crippen LogP contribution in [0.2, 0.25) is 0 Å². The van der Waals surface area contributed by atoms with Gasteiger partial charge < -0.3 is 123 Å². The molecule has 0 aromatic heterocycles. The van der Waals surface area contributed by atoms with E-state index >= 15 is 0 Å². The zero-order valence-corrected chi connectivity index (χ0v) is 111. The summed E-state index contributed by atoms with van der Waals surface area (Å²) in [7, 11) is 0. The molecule has 3 aliphatic rings. The topological polar surface area (TPSA) is 471 Å². The van der Waals surface area contributed by atoms with Gasteiger partial charge in [0.15, 0.2) is 0 Å². The van der Waals surface area contributed by atoms with Crippen molar-refractivity contribution in [2.75, 3.05) is 59.3 Å². The van der Waals surface area contributed by atoms with Gasteiger partial charge in [0, 0.05) is 593 Å². The van der Waals surface area contributed by atoms with E-state index in [-0.39, 0.29) is 612 Å². The van der Waals surface area contributed by atoms with Crippen molar-refractivity contribution in [3.05, 3.63) is 17.2 Å². The van der Waals surface area contributed by atoms with Gasteiger partial charge in [0.1, 0.15) is 73.4 Å². The monoisotopic (exact) mass is 3900 g/mol. The molecule has 0 bridgehead atoms. The third kappa shape index (κ3) is 53.0. The number of ether oxygens (including phenoxy) is 6. The van der Waals surface area contributed by atoms with Gasteiger partial charge >= 0.3 is 0 Å². The van der Waals surface area contributed by atoms with Crippen molar-refractivity contribution in [2.45, 2.75) is 233 Å². The van der Waals surface area contributed by atoms with Crippen molar-refractivity contribution < 1.29 is 632 Å². The molecule has 18 unspecified atom stereocenters. The Kier molecular flexibility index (Phi) is 106. The number of Topliss-reactive ketones (excluding diaryl/α,β-unsaturated/α-hetero) is 1. The van der Waals surface area contributed by atoms with Gasteiger partial charge in [-0.25, -0.2) is 0 Å². The van der Waals surface area contributed by atoms with Crippen LogP contribution in [0.25, 0.3) is 17.2 Å². The second-order valence-corrected chi connectivity index (χ2v) is 21.4. The number of hydrogen-bond acceptors (Lipinski definition) is 21. The summed E-state index contributed by atoms with van der Waals surface area (Å²) in [6.45, 7) is 2.78. The standard InChI is InChI=1S/C53H95N8O21.12Ac/c1-30(48(74)57-21-9-3-6-12-24-77-51-39(54)45(71)42(68)34(27-62)80-51)15-19-37(66)61-33(50(76)59-23-11-5-8-14-26-79-53-41(56)47(73)44(70)36(29-64)82-53)18-20-38(67)60-32(17-16-31(2)65)49(75)58-22-10-4-7-13-25-78-52-40(55)46(72)43(69)35(28-63)81-52;;;;;;;;;;;;/h30,32-36,39-47,51-56,62-64,68-73H,3-29H2,1-2H3,(H,57,74)(H,58,75)(H,59,76)(H,60,67)(H,61,66);;;;;;;;;;;;/q-3;;;;;;;;;;;;. The summed E-state index contributed by atoms with van der Waals surface area (Å²) < 4.78 is 33.0. The van der Waals surface area contributed by atoms with Gasteiger partial charge in [0.2, 0.25) is 29.5 Å². The van der Waals surface area contributed by atoms with Crippen LogP contribution in [0.5, 0.6) is 0 Å². The van der Waals surface area contributed by atoms with Crippen LogP contribution in [0, 0.1) is 535 Å². The number of rotatable bonds is 41. The fourth-order valence-electron chi connectivity index (χ4n) is 9.24. The summed E-state index contributed by atoms with van der Waals surface area (Å²) >= 11 is 0. The van der Waals surface area contributed by atoms with Gasteiger partial charge in [0.05, 0.1) is 38.1 Å². The first kappa shape index (κ1) is 128. The summed E-state index contributed by atoms with van der Waals surface area (Å²) in [5.41, 5.74) is 24.1. The molecule has 3 heterocycles. The smallest absolute Gasteiger partial charge is 0.242 e. The van der Waals surface area contributed by atoms with Gasteiger partial charge in [-0.15, -0.1) is 0 Å². The van der Waals surface area contributed by atoms with Gasteiger partial charge in [-0.3, -0.25) is 24.0 Å². The summed E-state index contributed by atoms with van der Waals surface area (Å²) in [5, 5.41) is 102. The van der Waals surface area contributed by atoms with Crippen LogP contribution in [0.3, 0.4) is 0 Å². The number of hydrogen-bond donors (Lipinski definition) is 14. The Hall–Kier alpha value is 13.6. The van der Waals surface area contributed by atoms with E-state index in [0.29, 0.717) is 70.8 Å². The number of amides is 5. The maximum Gasteiger partial charge on any atom is 0.242 e. The SMILES string of the molecule is CC(=O)CCC(NC(=O)CCC(NC(=O)CCC(C)C(=O)NCCCCCCOC1OC(CO)C(O)C(O)C1[NH-])C(=O)NCCCCCCOC1OC(CO)C(O)C(O)C1[NH-])C(=O)NCCCCCCOC1OC(CO)C(O)C(O)C1[NH-].[Ac].[Ac].[Ac].[Ac].[Ac].[Ac].[Ac].[Ac].[Ac].[Ac].[Ac].[Ac]. The minimum atomic E-state index is -1.45. The molecule has 18 atom stereocenters. The molecule has 0 aromatic carbocycles. The molecule has 0 saturated carbocycles. The van der Waals surface area contributed by atoms with Crippen molar-refractivity contribution >= 4 is 35.3 Å². The van der Waals surface area contributed by atoms with Gasteiger partial charge in [0.25, 0.3) is 0 Å². The molecule has 0 aliphatic carbocycles. The number of aliphatic hydroxyl groups excluding tert-OH is 9. The number of carbonyl (C=O) groups is 6. The summed E-state index contributed by atoms with van der Waals surface area (Å²) in [6.07, 6.45) is -8.05. The first-order valence-corrected chi connectivity index (χ1v) is 28.9. The van der Waals surface area contributed by atoms with Crippen molar-refractivity contribution in [1.82, 2.24) is 26.6 Å². The molecule has 0 spiro atoms. The van der Waals surface area contributed by atoms with E-state index in [0.717, 1.165) is 12.8 Å². The zero-order valence-electron chi connectivity index (χ0n) is 54.3. The number of ketones is 1. The average molecular weight is 3900 g/mol. The fourth-order valence-corrected chi connectivity index (χ4v) is 9.24. The predicted octanol–water partition coefficient (Wildman–Crippen LogP) is -1.82. The van der Waals surface area contributed by atoms with E-state index < -0.39 is 153 Å². The average Bonchev–Trinajstić information content (AvgIpc) is 0.850. The Labute approximate surface area is 984 Å². The molecular weight excluding hydrogens is 3810 g/mol. The molecule has 3 saturated heterocycles. The molecule has 512 valence electrons. The van der Waals surface area contributed by atoms with E-state index in [1.54, 1.807) is 6.92 Å². The molecule has 41 heteroatoms. The third-order valence-electron chi connectivity index (χ3n) is 14.6. The van der Waals surface area contributed by atoms with Crippen LogP contribution < -0.4 is 26.6 Å². The first-order chi connectivity index (χ1) is 39.1. The molecule has 17 N–H and O–H groups in total. The molecule has 0 aromatic rings. The molecule has 12 radical (unpaired) electrons. The number of nitrogens with one attached hydrogen (secondary N) is 8. The number of unbranched alkanes of at least 4 members (excludes halogenated alkanes) is 9. The fraction of sp³-hybridized carbons (Fsp3) is 0.887. The van der Waals surface area contributed by atoms with E-state index in [2.05, 4.69) is 26.6 Å². The molecule has 5 amide bonds. The van der Waals surface area contributed by atoms with E-state index in [1.807, 2.05) is 0 Å². The minimum Gasteiger partial charge on any atom is -0.668 e. The quantitative estimate of drug-likeness (QED) is 0.0300. The van der Waals surface area contributed by atoms with Crippen molar-refractivity contribution in [2.24, 2.45) is 5.92 Å². The van der Waals surface area contributed by atoms with Gasteiger partial charge in [-0.05, 0) is 64.7 Å². The van der Waals surface area contributed by atoms with E-state index in [4.69, 9.17) is 45.6 Å². The van der Waals surface area contributed by atoms with Crippen LogP contribution in [0.1, 0.15) is 129 Å². The maximum atomic E-state index is 13.6. The number of aliphatic hydroxyl groups is 9. The van der Waals surface area contributed by atoms with Crippen LogP contribution >= 0.6 is 0 Å². The second-order valence-electron chi connectivity index (χ2n) is 21.4. The number of carbonyl (C=O) groups excluding carboxylic acids is 6. The summed E-state index contributed by atoms with van der Waals surface area (Å²) in [6, 6.07) is -6.03. The molecule has 94 heavy (non-hydrogen) atoms. The van der Waals surface area contributed by atoms with Crippen LogP contribution in [-0.4, -0.2) is 245 Å². The first-order valence-electron chi connectivity index (χ1n) is 28.9. The second kappa shape index (κ2) is 77.8. The van der Waals surface area contributed by atoms with Crippen LogP contribution in [0.15, 0.2) is 0 Å². The Morgan fingerprint density at radius 1 is 0.394 bits per heavy atom. The molecule has 3 fully saturated rings. The Morgan fingerprint density at radius 2 is 0.660 bits per heavy atom. The Bertz CT molecular complexity index is 1920. The Balaban J connectivity index is -0.000000735. The minimum absolute atomic E-state index is 0. The van der Waals surface area contributed by atoms with E-state index in [9.17, 15) is 74.7 Å². The zero-order chi connectivity index (χ0) is 60.7. The Morgan fingerprint density at radius 3 is 0.947 bits per heavy atom. The van der Waals surface area contributed by atoms with Crippen molar-refractivity contribution in [3.63, 3.8) is 0 Å².